The molecule has 1 aliphatic heterocycles. The number of rotatable bonds is 7. The van der Waals surface area contributed by atoms with Gasteiger partial charge in [0.25, 0.3) is 0 Å². The number of hydrogen-bond donors (Lipinski definition) is 0. The van der Waals surface area contributed by atoms with Crippen molar-refractivity contribution in [3.8, 4) is 0 Å². The number of allylic oxidation sites excluding steroid dienone is 1. The Morgan fingerprint density at radius 2 is 1.68 bits per heavy atom. The first kappa shape index (κ1) is 25.8. The molecule has 4 aromatic carbocycles. The number of fused-ring (bicyclic) bond motifs is 1. The summed E-state index contributed by atoms with van der Waals surface area (Å²) in [6.45, 7) is 2.22. The molecule has 4 aromatic rings. The van der Waals surface area contributed by atoms with Gasteiger partial charge in [-0.25, -0.2) is 4.79 Å². The SMILES string of the molecule is COC(=O)c1ccc(CN2CCN=C(C=Cc3ccccc3Sc3ccc(Cl)cc3)c3ccccc32)cc1. The molecule has 0 bridgehead atoms. The van der Waals surface area contributed by atoms with Crippen molar-refractivity contribution in [3.05, 3.63) is 130 Å². The van der Waals surface area contributed by atoms with Gasteiger partial charge in [0.05, 0.1) is 24.9 Å². The molecule has 0 radical (unpaired) electrons. The highest BCUT2D eigenvalue weighted by Crippen LogP contribution is 2.32. The van der Waals surface area contributed by atoms with Crippen molar-refractivity contribution >= 4 is 46.8 Å². The summed E-state index contributed by atoms with van der Waals surface area (Å²) in [5, 5.41) is 0.736. The first-order valence-corrected chi connectivity index (χ1v) is 13.6. The van der Waals surface area contributed by atoms with Crippen molar-refractivity contribution in [1.82, 2.24) is 0 Å². The molecule has 1 heterocycles. The van der Waals surface area contributed by atoms with E-state index in [0.717, 1.165) is 51.1 Å². The van der Waals surface area contributed by atoms with Gasteiger partial charge in [-0.05, 0) is 65.7 Å². The Hall–Kier alpha value is -3.80. The third kappa shape index (κ3) is 6.18. The Labute approximate surface area is 232 Å². The zero-order valence-electron chi connectivity index (χ0n) is 21.0. The van der Waals surface area contributed by atoms with Crippen LogP contribution >= 0.6 is 23.4 Å². The quantitative estimate of drug-likeness (QED) is 0.225. The molecule has 0 unspecified atom stereocenters. The van der Waals surface area contributed by atoms with Gasteiger partial charge < -0.3 is 9.64 Å². The number of ether oxygens (including phenoxy) is 1. The number of benzodiazepines with no additional fused rings is 1. The van der Waals surface area contributed by atoms with Crippen LogP contribution in [0.5, 0.6) is 0 Å². The number of carbonyl (C=O) groups is 1. The molecular weight excluding hydrogens is 512 g/mol. The van der Waals surface area contributed by atoms with E-state index >= 15 is 0 Å². The van der Waals surface area contributed by atoms with E-state index in [0.29, 0.717) is 12.1 Å². The number of esters is 1. The average molecular weight is 539 g/mol. The normalized spacial score (nSPS) is 13.1. The molecule has 0 aromatic heterocycles. The zero-order valence-corrected chi connectivity index (χ0v) is 22.6. The van der Waals surface area contributed by atoms with Crippen LogP contribution in [0, 0.1) is 0 Å². The van der Waals surface area contributed by atoms with Gasteiger partial charge in [-0.3, -0.25) is 4.99 Å². The largest absolute Gasteiger partial charge is 0.465 e. The fourth-order valence-electron chi connectivity index (χ4n) is 4.36. The minimum Gasteiger partial charge on any atom is -0.465 e. The van der Waals surface area contributed by atoms with Crippen molar-refractivity contribution in [3.63, 3.8) is 0 Å². The van der Waals surface area contributed by atoms with Gasteiger partial charge in [0, 0.05) is 39.2 Å². The lowest BCUT2D eigenvalue weighted by Crippen LogP contribution is -2.25. The Morgan fingerprint density at radius 3 is 2.47 bits per heavy atom. The van der Waals surface area contributed by atoms with Gasteiger partial charge in [-0.1, -0.05) is 78.0 Å². The summed E-state index contributed by atoms with van der Waals surface area (Å²) < 4.78 is 4.82. The van der Waals surface area contributed by atoms with E-state index in [1.807, 2.05) is 48.5 Å². The Kier molecular flexibility index (Phi) is 8.27. The number of carbonyl (C=O) groups excluding carboxylic acids is 1. The predicted octanol–water partition coefficient (Wildman–Crippen LogP) is 7.80. The Morgan fingerprint density at radius 1 is 0.947 bits per heavy atom. The predicted molar refractivity (Wildman–Crippen MR) is 158 cm³/mol. The summed E-state index contributed by atoms with van der Waals surface area (Å²) in [6, 6.07) is 32.3. The number of benzene rings is 4. The summed E-state index contributed by atoms with van der Waals surface area (Å²) in [5.41, 5.74) is 6.04. The molecule has 0 N–H and O–H groups in total. The zero-order chi connectivity index (χ0) is 26.3. The van der Waals surface area contributed by atoms with Crippen LogP contribution in [0.2, 0.25) is 5.02 Å². The Balaban J connectivity index is 1.37. The van der Waals surface area contributed by atoms with Crippen molar-refractivity contribution in [2.24, 2.45) is 4.99 Å². The van der Waals surface area contributed by atoms with Gasteiger partial charge in [0.1, 0.15) is 0 Å². The molecule has 0 fully saturated rings. The molecule has 0 saturated carbocycles. The number of halogens is 1. The maximum absolute atomic E-state index is 11.8. The molecule has 0 aliphatic carbocycles. The monoisotopic (exact) mass is 538 g/mol. The number of aliphatic imine (C=N–C) groups is 1. The van der Waals surface area contributed by atoms with E-state index in [9.17, 15) is 4.79 Å². The van der Waals surface area contributed by atoms with Crippen LogP contribution in [-0.4, -0.2) is 31.9 Å². The van der Waals surface area contributed by atoms with Crippen LogP contribution in [0.4, 0.5) is 5.69 Å². The van der Waals surface area contributed by atoms with Gasteiger partial charge >= 0.3 is 5.97 Å². The molecular formula is C32H27ClN2O2S. The molecule has 0 amide bonds. The van der Waals surface area contributed by atoms with E-state index < -0.39 is 0 Å². The molecule has 6 heteroatoms. The average Bonchev–Trinajstić information content (AvgIpc) is 3.13. The molecule has 1 aliphatic rings. The highest BCUT2D eigenvalue weighted by molar-refractivity contribution is 7.99. The third-order valence-electron chi connectivity index (χ3n) is 6.30. The highest BCUT2D eigenvalue weighted by atomic mass is 35.5. The first-order valence-electron chi connectivity index (χ1n) is 12.4. The summed E-state index contributed by atoms with van der Waals surface area (Å²) in [4.78, 5) is 21.4. The Bertz CT molecular complexity index is 1480. The lowest BCUT2D eigenvalue weighted by atomic mass is 10.0. The molecule has 190 valence electrons. The smallest absolute Gasteiger partial charge is 0.337 e. The van der Waals surface area contributed by atoms with Crippen LogP contribution in [0.25, 0.3) is 6.08 Å². The number of hydrogen-bond acceptors (Lipinski definition) is 5. The molecule has 0 atom stereocenters. The van der Waals surface area contributed by atoms with Crippen molar-refractivity contribution in [1.29, 1.82) is 0 Å². The fraction of sp³-hybridized carbons (Fsp3) is 0.125. The topological polar surface area (TPSA) is 41.9 Å². The first-order chi connectivity index (χ1) is 18.6. The third-order valence-corrected chi connectivity index (χ3v) is 7.65. The van der Waals surface area contributed by atoms with Crippen LogP contribution < -0.4 is 4.90 Å². The van der Waals surface area contributed by atoms with Gasteiger partial charge in [0.2, 0.25) is 0 Å². The summed E-state index contributed by atoms with van der Waals surface area (Å²) in [5.74, 6) is -0.324. The van der Waals surface area contributed by atoms with Gasteiger partial charge in [-0.15, -0.1) is 0 Å². The van der Waals surface area contributed by atoms with E-state index in [1.165, 1.54) is 12.0 Å². The van der Waals surface area contributed by atoms with Crippen molar-refractivity contribution in [2.45, 2.75) is 16.3 Å². The van der Waals surface area contributed by atoms with Crippen LogP contribution in [0.15, 0.2) is 118 Å². The lowest BCUT2D eigenvalue weighted by molar-refractivity contribution is 0.0600. The number of anilines is 1. The number of methoxy groups -OCH3 is 1. The molecule has 0 spiro atoms. The van der Waals surface area contributed by atoms with E-state index in [1.54, 1.807) is 11.8 Å². The van der Waals surface area contributed by atoms with Crippen molar-refractivity contribution in [2.75, 3.05) is 25.1 Å². The van der Waals surface area contributed by atoms with Gasteiger partial charge in [0.15, 0.2) is 0 Å². The molecule has 38 heavy (non-hydrogen) atoms. The highest BCUT2D eigenvalue weighted by Gasteiger charge is 2.17. The molecule has 4 nitrogen and oxygen atoms in total. The van der Waals surface area contributed by atoms with Crippen LogP contribution in [0.3, 0.4) is 0 Å². The standard InChI is InChI=1S/C32H27ClN2O2S/c1-37-32(36)25-12-10-23(11-13-25)22-35-21-20-34-29(28-7-3-4-8-30(28)35)19-14-24-6-2-5-9-31(24)38-27-17-15-26(33)16-18-27/h2-19H,20-22H2,1H3. The number of nitrogens with zero attached hydrogens (tertiary/aromatic N) is 2. The second kappa shape index (κ2) is 12.2. The minimum atomic E-state index is -0.324. The number of para-hydroxylation sites is 1. The van der Waals surface area contributed by atoms with Gasteiger partial charge in [-0.2, -0.15) is 0 Å². The maximum atomic E-state index is 11.8. The second-order valence-corrected chi connectivity index (χ2v) is 10.4. The van der Waals surface area contributed by atoms with E-state index in [2.05, 4.69) is 65.6 Å². The maximum Gasteiger partial charge on any atom is 0.337 e. The summed E-state index contributed by atoms with van der Waals surface area (Å²) >= 11 is 7.78. The van der Waals surface area contributed by atoms with E-state index in [-0.39, 0.29) is 5.97 Å². The fourth-order valence-corrected chi connectivity index (χ4v) is 5.42. The lowest BCUT2D eigenvalue weighted by Gasteiger charge is -2.25. The van der Waals surface area contributed by atoms with Crippen LogP contribution in [0.1, 0.15) is 27.0 Å². The van der Waals surface area contributed by atoms with E-state index in [4.69, 9.17) is 21.3 Å². The minimum absolute atomic E-state index is 0.324. The summed E-state index contributed by atoms with van der Waals surface area (Å²) in [7, 11) is 1.40. The second-order valence-electron chi connectivity index (χ2n) is 8.82. The summed E-state index contributed by atoms with van der Waals surface area (Å²) in [6.07, 6.45) is 4.27. The van der Waals surface area contributed by atoms with Crippen molar-refractivity contribution < 1.29 is 9.53 Å². The van der Waals surface area contributed by atoms with Crippen LogP contribution in [-0.2, 0) is 11.3 Å². The molecule has 5 rings (SSSR count). The molecule has 0 saturated heterocycles.